The number of carbonyl (C=O) groups is 1. The average Bonchev–Trinajstić information content (AvgIpc) is 2.92. The fourth-order valence-corrected chi connectivity index (χ4v) is 3.17. The van der Waals surface area contributed by atoms with Gasteiger partial charge in [-0.2, -0.15) is 0 Å². The summed E-state index contributed by atoms with van der Waals surface area (Å²) in [6.45, 7) is 3.71. The van der Waals surface area contributed by atoms with Gasteiger partial charge in [-0.1, -0.05) is 0 Å². The Hall–Kier alpha value is -1.73. The summed E-state index contributed by atoms with van der Waals surface area (Å²) in [7, 11) is 1.65. The third-order valence-corrected chi connectivity index (χ3v) is 4.44. The van der Waals surface area contributed by atoms with Crippen LogP contribution in [0.2, 0.25) is 0 Å². The molecule has 1 N–H and O–H groups in total. The SMILES string of the molecule is COC1COCCC1CC(=O)N1Cc2nc(C)[nH]c(=O)c2C1. The minimum Gasteiger partial charge on any atom is -0.379 e. The number of ether oxygens (including phenoxy) is 2. The zero-order chi connectivity index (χ0) is 15.7. The Morgan fingerprint density at radius 1 is 1.50 bits per heavy atom. The molecule has 2 aliphatic heterocycles. The first-order valence-corrected chi connectivity index (χ1v) is 7.55. The minimum atomic E-state index is -0.140. The Morgan fingerprint density at radius 2 is 2.32 bits per heavy atom. The van der Waals surface area contributed by atoms with Gasteiger partial charge in [-0.05, 0) is 19.3 Å². The highest BCUT2D eigenvalue weighted by molar-refractivity contribution is 5.77. The molecule has 0 saturated carbocycles. The molecule has 1 aromatic heterocycles. The zero-order valence-electron chi connectivity index (χ0n) is 12.9. The Balaban J connectivity index is 1.67. The van der Waals surface area contributed by atoms with Gasteiger partial charge in [0.25, 0.3) is 5.56 Å². The number of hydrogen-bond acceptors (Lipinski definition) is 5. The van der Waals surface area contributed by atoms with Gasteiger partial charge in [0.2, 0.25) is 5.91 Å². The molecule has 2 atom stereocenters. The van der Waals surface area contributed by atoms with Crippen molar-refractivity contribution in [3.8, 4) is 0 Å². The molecule has 0 aliphatic carbocycles. The fourth-order valence-electron chi connectivity index (χ4n) is 3.17. The van der Waals surface area contributed by atoms with Crippen LogP contribution in [0.4, 0.5) is 0 Å². The first kappa shape index (κ1) is 15.2. The van der Waals surface area contributed by atoms with Gasteiger partial charge in [0.15, 0.2) is 0 Å². The molecule has 0 radical (unpaired) electrons. The monoisotopic (exact) mass is 307 g/mol. The van der Waals surface area contributed by atoms with Crippen LogP contribution in [-0.4, -0.2) is 47.2 Å². The van der Waals surface area contributed by atoms with E-state index >= 15 is 0 Å². The summed E-state index contributed by atoms with van der Waals surface area (Å²) >= 11 is 0. The van der Waals surface area contributed by atoms with Gasteiger partial charge in [0.05, 0.1) is 37.1 Å². The summed E-state index contributed by atoms with van der Waals surface area (Å²) in [5.41, 5.74) is 1.18. The third-order valence-electron chi connectivity index (χ3n) is 4.44. The van der Waals surface area contributed by atoms with Gasteiger partial charge in [0.1, 0.15) is 5.82 Å². The molecule has 3 rings (SSSR count). The smallest absolute Gasteiger partial charge is 0.256 e. The molecule has 0 spiro atoms. The Morgan fingerprint density at radius 3 is 3.09 bits per heavy atom. The number of amides is 1. The first-order chi connectivity index (χ1) is 10.6. The van der Waals surface area contributed by atoms with Crippen molar-refractivity contribution in [1.29, 1.82) is 0 Å². The summed E-state index contributed by atoms with van der Waals surface area (Å²) in [5.74, 6) is 0.800. The second-order valence-electron chi connectivity index (χ2n) is 5.93. The average molecular weight is 307 g/mol. The van der Waals surface area contributed by atoms with Crippen LogP contribution in [0, 0.1) is 12.8 Å². The number of carbonyl (C=O) groups excluding carboxylic acids is 1. The quantitative estimate of drug-likeness (QED) is 0.871. The molecule has 0 bridgehead atoms. The van der Waals surface area contributed by atoms with Crippen molar-refractivity contribution in [2.45, 2.75) is 39.0 Å². The van der Waals surface area contributed by atoms with E-state index in [1.807, 2.05) is 0 Å². The summed E-state index contributed by atoms with van der Waals surface area (Å²) in [6.07, 6.45) is 1.21. The van der Waals surface area contributed by atoms with Crippen molar-refractivity contribution in [1.82, 2.24) is 14.9 Å². The lowest BCUT2D eigenvalue weighted by atomic mass is 9.93. The maximum Gasteiger partial charge on any atom is 0.256 e. The van der Waals surface area contributed by atoms with Crippen LogP contribution in [-0.2, 0) is 27.4 Å². The van der Waals surface area contributed by atoms with Gasteiger partial charge in [0, 0.05) is 20.1 Å². The summed E-state index contributed by atoms with van der Waals surface area (Å²) < 4.78 is 10.8. The van der Waals surface area contributed by atoms with Crippen molar-refractivity contribution in [3.05, 3.63) is 27.4 Å². The van der Waals surface area contributed by atoms with Crippen LogP contribution in [0.25, 0.3) is 0 Å². The number of hydrogen-bond donors (Lipinski definition) is 1. The van der Waals surface area contributed by atoms with E-state index in [0.29, 0.717) is 49.8 Å². The molecule has 120 valence electrons. The van der Waals surface area contributed by atoms with Crippen molar-refractivity contribution in [2.75, 3.05) is 20.3 Å². The highest BCUT2D eigenvalue weighted by Crippen LogP contribution is 2.25. The lowest BCUT2D eigenvalue weighted by Gasteiger charge is -2.31. The lowest BCUT2D eigenvalue weighted by Crippen LogP contribution is -2.38. The van der Waals surface area contributed by atoms with E-state index in [-0.39, 0.29) is 23.5 Å². The zero-order valence-corrected chi connectivity index (χ0v) is 12.9. The van der Waals surface area contributed by atoms with Crippen LogP contribution >= 0.6 is 0 Å². The molecular weight excluding hydrogens is 286 g/mol. The molecule has 3 heterocycles. The molecule has 22 heavy (non-hydrogen) atoms. The van der Waals surface area contributed by atoms with Crippen LogP contribution in [0.1, 0.15) is 29.9 Å². The van der Waals surface area contributed by atoms with Gasteiger partial charge in [-0.3, -0.25) is 9.59 Å². The number of aromatic amines is 1. The highest BCUT2D eigenvalue weighted by atomic mass is 16.5. The summed E-state index contributed by atoms with van der Waals surface area (Å²) in [5, 5.41) is 0. The molecule has 2 aliphatic rings. The van der Waals surface area contributed by atoms with E-state index in [1.54, 1.807) is 18.9 Å². The van der Waals surface area contributed by atoms with Crippen molar-refractivity contribution < 1.29 is 14.3 Å². The van der Waals surface area contributed by atoms with E-state index < -0.39 is 0 Å². The van der Waals surface area contributed by atoms with Crippen molar-refractivity contribution in [2.24, 2.45) is 5.92 Å². The maximum absolute atomic E-state index is 12.5. The molecule has 1 amide bonds. The predicted molar refractivity (Wildman–Crippen MR) is 78.2 cm³/mol. The van der Waals surface area contributed by atoms with Crippen LogP contribution in [0.3, 0.4) is 0 Å². The highest BCUT2D eigenvalue weighted by Gasteiger charge is 2.32. The van der Waals surface area contributed by atoms with E-state index in [4.69, 9.17) is 9.47 Å². The van der Waals surface area contributed by atoms with E-state index in [1.165, 1.54) is 0 Å². The topological polar surface area (TPSA) is 84.5 Å². The molecule has 7 nitrogen and oxygen atoms in total. The summed E-state index contributed by atoms with van der Waals surface area (Å²) in [4.78, 5) is 33.2. The number of methoxy groups -OCH3 is 1. The van der Waals surface area contributed by atoms with Gasteiger partial charge in [-0.15, -0.1) is 0 Å². The normalized spacial score (nSPS) is 24.4. The van der Waals surface area contributed by atoms with Crippen molar-refractivity contribution >= 4 is 5.91 Å². The van der Waals surface area contributed by atoms with Gasteiger partial charge < -0.3 is 19.4 Å². The Kier molecular flexibility index (Phi) is 4.26. The molecule has 0 aromatic carbocycles. The second kappa shape index (κ2) is 6.18. The predicted octanol–water partition coefficient (Wildman–Crippen LogP) is 0.362. The molecule has 1 fully saturated rings. The Bertz CT molecular complexity index is 628. The molecule has 1 aromatic rings. The minimum absolute atomic E-state index is 0.0357. The maximum atomic E-state index is 12.5. The molecule has 2 unspecified atom stereocenters. The molecule has 7 heteroatoms. The first-order valence-electron chi connectivity index (χ1n) is 7.55. The Labute approximate surface area is 128 Å². The number of aryl methyl sites for hydroxylation is 1. The number of nitrogens with zero attached hydrogens (tertiary/aromatic N) is 2. The number of H-pyrrole nitrogens is 1. The molecular formula is C15H21N3O4. The van der Waals surface area contributed by atoms with Crippen LogP contribution < -0.4 is 5.56 Å². The number of nitrogens with one attached hydrogen (secondary N) is 1. The largest absolute Gasteiger partial charge is 0.379 e. The van der Waals surface area contributed by atoms with Crippen molar-refractivity contribution in [3.63, 3.8) is 0 Å². The summed E-state index contributed by atoms with van der Waals surface area (Å²) in [6, 6.07) is 0. The third kappa shape index (κ3) is 2.91. The lowest BCUT2D eigenvalue weighted by molar-refractivity contribution is -0.136. The van der Waals surface area contributed by atoms with Crippen LogP contribution in [0.15, 0.2) is 4.79 Å². The van der Waals surface area contributed by atoms with Gasteiger partial charge in [-0.25, -0.2) is 4.98 Å². The standard InChI is InChI=1S/C15H21N3O4/c1-9-16-12-7-18(6-11(12)15(20)17-9)14(19)5-10-3-4-22-8-13(10)21-2/h10,13H,3-8H2,1-2H3,(H,16,17,20). The molecule has 1 saturated heterocycles. The van der Waals surface area contributed by atoms with E-state index in [9.17, 15) is 9.59 Å². The second-order valence-corrected chi connectivity index (χ2v) is 5.93. The van der Waals surface area contributed by atoms with E-state index in [2.05, 4.69) is 9.97 Å². The van der Waals surface area contributed by atoms with E-state index in [0.717, 1.165) is 6.42 Å². The number of rotatable bonds is 3. The number of fused-ring (bicyclic) bond motifs is 1. The van der Waals surface area contributed by atoms with Gasteiger partial charge >= 0.3 is 0 Å². The number of aromatic nitrogens is 2. The van der Waals surface area contributed by atoms with Crippen LogP contribution in [0.5, 0.6) is 0 Å². The fraction of sp³-hybridized carbons (Fsp3) is 0.667.